The highest BCUT2D eigenvalue weighted by atomic mass is 32.2. The average Bonchev–Trinajstić information content (AvgIpc) is 2.81. The van der Waals surface area contributed by atoms with E-state index in [2.05, 4.69) is 0 Å². The number of benzene rings is 4. The first-order valence-electron chi connectivity index (χ1n) is 10.2. The molecule has 0 aliphatic carbocycles. The second kappa shape index (κ2) is 10.2. The van der Waals surface area contributed by atoms with Gasteiger partial charge < -0.3 is 11.5 Å². The topological polar surface area (TPSA) is 161 Å². The fourth-order valence-corrected chi connectivity index (χ4v) is 6.99. The zero-order valence-electron chi connectivity index (χ0n) is 18.4. The van der Waals surface area contributed by atoms with Crippen molar-refractivity contribution < 1.29 is 25.9 Å². The Kier molecular flexibility index (Phi) is 7.36. The van der Waals surface area contributed by atoms with Gasteiger partial charge in [0.05, 0.1) is 0 Å². The molecule has 0 saturated heterocycles. The molecule has 0 aliphatic rings. The lowest BCUT2D eigenvalue weighted by atomic mass is 10.1. The first-order valence-corrected chi connectivity index (χ1v) is 14.7. The Balaban J connectivity index is 1.75. The molecule has 6 N–H and O–H groups in total. The number of nitrogens with two attached hydrogens (primary N) is 2. The summed E-state index contributed by atoms with van der Waals surface area (Å²) in [6.07, 6.45) is 0. The maximum Gasteiger partial charge on any atom is 0.295 e. The highest BCUT2D eigenvalue weighted by Crippen LogP contribution is 2.39. The first kappa shape index (κ1) is 26.1. The van der Waals surface area contributed by atoms with Crippen LogP contribution in [-0.2, 0) is 20.2 Å². The van der Waals surface area contributed by atoms with Crippen molar-refractivity contribution in [3.05, 3.63) is 84.9 Å². The summed E-state index contributed by atoms with van der Waals surface area (Å²) < 4.78 is 68.4. The van der Waals surface area contributed by atoms with Crippen LogP contribution in [-0.4, -0.2) is 25.9 Å². The minimum Gasteiger partial charge on any atom is -0.399 e. The fraction of sp³-hybridized carbons (Fsp3) is 0. The van der Waals surface area contributed by atoms with E-state index in [1.54, 1.807) is 60.7 Å². The van der Waals surface area contributed by atoms with Crippen LogP contribution in [0.5, 0.6) is 0 Å². The second-order valence-electron chi connectivity index (χ2n) is 7.62. The summed E-state index contributed by atoms with van der Waals surface area (Å²) in [6.45, 7) is 0. The predicted octanol–water partition coefficient (Wildman–Crippen LogP) is 5.31. The van der Waals surface area contributed by atoms with E-state index in [1.807, 2.05) is 0 Å². The smallest absolute Gasteiger partial charge is 0.295 e. The number of rotatable bonds is 7. The highest BCUT2D eigenvalue weighted by Gasteiger charge is 2.21. The molecule has 0 spiro atoms. The van der Waals surface area contributed by atoms with Gasteiger partial charge in [0.2, 0.25) is 0 Å². The van der Waals surface area contributed by atoms with Crippen LogP contribution in [0.3, 0.4) is 0 Å². The van der Waals surface area contributed by atoms with Crippen LogP contribution >= 0.6 is 23.5 Å². The third-order valence-corrected chi connectivity index (χ3v) is 9.21. The van der Waals surface area contributed by atoms with Crippen molar-refractivity contribution in [3.8, 4) is 11.1 Å². The lowest BCUT2D eigenvalue weighted by Crippen LogP contribution is -2.02. The number of hydrogen-bond donors (Lipinski definition) is 4. The van der Waals surface area contributed by atoms with Gasteiger partial charge in [-0.2, -0.15) is 16.8 Å². The zero-order valence-corrected chi connectivity index (χ0v) is 21.7. The van der Waals surface area contributed by atoms with E-state index in [0.29, 0.717) is 32.3 Å². The lowest BCUT2D eigenvalue weighted by molar-refractivity contribution is 0.478. The summed E-state index contributed by atoms with van der Waals surface area (Å²) in [6, 6.07) is 22.3. The van der Waals surface area contributed by atoms with Crippen LogP contribution in [0.1, 0.15) is 0 Å². The molecular weight excluding hydrogens is 541 g/mol. The van der Waals surface area contributed by atoms with Crippen LogP contribution in [0, 0.1) is 0 Å². The molecule has 0 heterocycles. The summed E-state index contributed by atoms with van der Waals surface area (Å²) in [5.41, 5.74) is 13.2. The fourth-order valence-electron chi connectivity index (χ4n) is 3.27. The predicted molar refractivity (Wildman–Crippen MR) is 141 cm³/mol. The maximum absolute atomic E-state index is 12.2. The van der Waals surface area contributed by atoms with E-state index in [4.69, 9.17) is 11.5 Å². The molecule has 0 bridgehead atoms. The maximum atomic E-state index is 12.2. The number of hydrogen-bond acceptors (Lipinski definition) is 8. The third kappa shape index (κ3) is 6.22. The minimum absolute atomic E-state index is 0.275. The van der Waals surface area contributed by atoms with E-state index >= 15 is 0 Å². The summed E-state index contributed by atoms with van der Waals surface area (Å²) >= 11 is 2.25. The van der Waals surface area contributed by atoms with Crippen LogP contribution in [0.2, 0.25) is 0 Å². The normalized spacial score (nSPS) is 11.9. The van der Waals surface area contributed by atoms with Crippen molar-refractivity contribution in [2.45, 2.75) is 29.4 Å². The molecule has 0 unspecified atom stereocenters. The largest absolute Gasteiger partial charge is 0.399 e. The van der Waals surface area contributed by atoms with Gasteiger partial charge in [0.1, 0.15) is 9.79 Å². The van der Waals surface area contributed by atoms with Gasteiger partial charge in [0.25, 0.3) is 20.2 Å². The molecular formula is C24H20N2O6S4. The summed E-state index contributed by atoms with van der Waals surface area (Å²) in [4.78, 5) is 1.29. The monoisotopic (exact) mass is 560 g/mol. The van der Waals surface area contributed by atoms with Gasteiger partial charge in [-0.25, -0.2) is 0 Å². The highest BCUT2D eigenvalue weighted by molar-refractivity contribution is 8.00. The minimum atomic E-state index is -4.61. The second-order valence-corrected chi connectivity index (χ2v) is 12.6. The van der Waals surface area contributed by atoms with E-state index in [-0.39, 0.29) is 19.6 Å². The average molecular weight is 561 g/mol. The van der Waals surface area contributed by atoms with Crippen molar-refractivity contribution in [2.24, 2.45) is 0 Å². The molecule has 0 fully saturated rings. The Morgan fingerprint density at radius 2 is 0.861 bits per heavy atom. The quantitative estimate of drug-likeness (QED) is 0.172. The van der Waals surface area contributed by atoms with Crippen molar-refractivity contribution in [1.82, 2.24) is 0 Å². The van der Waals surface area contributed by atoms with E-state index in [1.165, 1.54) is 24.3 Å². The summed E-state index contributed by atoms with van der Waals surface area (Å²) in [5, 5.41) is 0. The Morgan fingerprint density at radius 1 is 0.528 bits per heavy atom. The summed E-state index contributed by atoms with van der Waals surface area (Å²) in [7, 11) is -9.22. The molecule has 8 nitrogen and oxygen atoms in total. The van der Waals surface area contributed by atoms with Gasteiger partial charge in [-0.05, 0) is 83.9 Å². The van der Waals surface area contributed by atoms with Crippen LogP contribution in [0.25, 0.3) is 11.1 Å². The van der Waals surface area contributed by atoms with E-state index < -0.39 is 20.2 Å². The van der Waals surface area contributed by atoms with Crippen molar-refractivity contribution >= 4 is 55.1 Å². The molecule has 36 heavy (non-hydrogen) atoms. The molecule has 0 amide bonds. The van der Waals surface area contributed by atoms with E-state index in [0.717, 1.165) is 23.5 Å². The molecule has 4 aromatic carbocycles. The van der Waals surface area contributed by atoms with Gasteiger partial charge in [-0.3, -0.25) is 9.11 Å². The van der Waals surface area contributed by atoms with E-state index in [9.17, 15) is 25.9 Å². The molecule has 0 aromatic heterocycles. The number of anilines is 2. The molecule has 0 aliphatic heterocycles. The summed E-state index contributed by atoms with van der Waals surface area (Å²) in [5.74, 6) is 0. The van der Waals surface area contributed by atoms with Crippen molar-refractivity contribution in [2.75, 3.05) is 11.5 Å². The lowest BCUT2D eigenvalue weighted by Gasteiger charge is -2.12. The molecule has 0 atom stereocenters. The molecule has 12 heteroatoms. The van der Waals surface area contributed by atoms with Gasteiger partial charge in [-0.1, -0.05) is 35.7 Å². The Labute approximate surface area is 217 Å². The van der Waals surface area contributed by atoms with Crippen LogP contribution in [0.15, 0.2) is 114 Å². The molecule has 4 aromatic rings. The molecule has 0 saturated carbocycles. The Bertz CT molecular complexity index is 1510. The van der Waals surface area contributed by atoms with Gasteiger partial charge in [0.15, 0.2) is 0 Å². The number of nitrogen functional groups attached to an aromatic ring is 2. The van der Waals surface area contributed by atoms with Gasteiger partial charge in [-0.15, -0.1) is 0 Å². The van der Waals surface area contributed by atoms with Gasteiger partial charge in [0, 0.05) is 31.0 Å². The SMILES string of the molecule is Nc1ccc(Sc2ccc(-c3ccc(Sc4ccc(N)cc4)c(S(=O)(=O)O)c3)cc2S(=O)(=O)O)cc1. The Hall–Kier alpha value is -3.00. The molecule has 4 rings (SSSR count). The van der Waals surface area contributed by atoms with Gasteiger partial charge >= 0.3 is 0 Å². The van der Waals surface area contributed by atoms with Crippen LogP contribution < -0.4 is 11.5 Å². The molecule has 0 radical (unpaired) electrons. The van der Waals surface area contributed by atoms with Crippen molar-refractivity contribution in [3.63, 3.8) is 0 Å². The standard InChI is InChI=1S/C24H20N2O6S4/c25-17-3-7-19(8-4-17)33-21-11-1-15(13-23(21)35(27,28)29)16-2-12-22(24(14-16)36(30,31)32)34-20-9-5-18(26)6-10-20/h1-14H,25-26H2,(H,27,28,29)(H,30,31,32). The van der Waals surface area contributed by atoms with Crippen molar-refractivity contribution in [1.29, 1.82) is 0 Å². The Morgan fingerprint density at radius 3 is 1.17 bits per heavy atom. The first-order chi connectivity index (χ1) is 16.9. The third-order valence-electron chi connectivity index (χ3n) is 4.99. The zero-order chi connectivity index (χ0) is 26.1. The van der Waals surface area contributed by atoms with Crippen LogP contribution in [0.4, 0.5) is 11.4 Å². The molecule has 186 valence electrons.